The molecule has 254 valence electrons. The summed E-state index contributed by atoms with van der Waals surface area (Å²) in [5.41, 5.74) is 13.3. The molecule has 54 heavy (non-hydrogen) atoms. The summed E-state index contributed by atoms with van der Waals surface area (Å²) in [6.45, 7) is 2.42. The van der Waals surface area contributed by atoms with Crippen LogP contribution in [0.25, 0.3) is 60.2 Å². The standard InChI is InChI=1S/C52H36N2/c1-52(46-25-13-12-24-43(46)51-42-23-11-9-16-36(42)27-30-47(51)52)37-28-31-49-44(33-37)45-34-40(29-32-50(45)54(49)39-20-6-3-7-21-39)53(38-18-4-2-5-19-38)48-26-14-17-35-15-8-10-22-41(35)48/h2-34H,1H3. The third kappa shape index (κ3) is 4.41. The van der Waals surface area contributed by atoms with Gasteiger partial charge in [0.1, 0.15) is 0 Å². The Bertz CT molecular complexity index is 3060. The van der Waals surface area contributed by atoms with Gasteiger partial charge in [0.15, 0.2) is 0 Å². The molecule has 0 bridgehead atoms. The van der Waals surface area contributed by atoms with Crippen molar-refractivity contribution in [3.63, 3.8) is 0 Å². The highest BCUT2D eigenvalue weighted by Crippen LogP contribution is 2.55. The summed E-state index contributed by atoms with van der Waals surface area (Å²) in [6, 6.07) is 73.5. The molecule has 10 aromatic rings. The summed E-state index contributed by atoms with van der Waals surface area (Å²) in [7, 11) is 0. The molecule has 0 aliphatic heterocycles. The van der Waals surface area contributed by atoms with Crippen molar-refractivity contribution in [1.82, 2.24) is 4.57 Å². The number of fused-ring (bicyclic) bond motifs is 9. The lowest BCUT2D eigenvalue weighted by Gasteiger charge is -2.28. The molecule has 0 saturated carbocycles. The van der Waals surface area contributed by atoms with Crippen LogP contribution in [0.4, 0.5) is 17.1 Å². The van der Waals surface area contributed by atoms with Crippen LogP contribution < -0.4 is 4.90 Å². The van der Waals surface area contributed by atoms with Crippen molar-refractivity contribution in [2.45, 2.75) is 12.3 Å². The van der Waals surface area contributed by atoms with Crippen LogP contribution in [0.1, 0.15) is 23.6 Å². The zero-order valence-corrected chi connectivity index (χ0v) is 29.9. The normalized spacial score (nSPS) is 14.8. The molecule has 1 unspecified atom stereocenters. The Balaban J connectivity index is 1.19. The Labute approximate surface area is 314 Å². The van der Waals surface area contributed by atoms with Gasteiger partial charge in [-0.05, 0) is 112 Å². The minimum absolute atomic E-state index is 0.331. The van der Waals surface area contributed by atoms with Gasteiger partial charge in [0.05, 0.1) is 16.7 Å². The molecular formula is C52H36N2. The highest BCUT2D eigenvalue weighted by Gasteiger charge is 2.41. The number of aromatic nitrogens is 1. The van der Waals surface area contributed by atoms with Gasteiger partial charge in [0.25, 0.3) is 0 Å². The van der Waals surface area contributed by atoms with E-state index in [1.54, 1.807) is 0 Å². The first-order valence-electron chi connectivity index (χ1n) is 18.8. The molecule has 0 saturated heterocycles. The Kier molecular flexibility index (Phi) is 6.72. The maximum Gasteiger partial charge on any atom is 0.0542 e. The number of hydrogen-bond donors (Lipinski definition) is 0. The van der Waals surface area contributed by atoms with Gasteiger partial charge in [0.2, 0.25) is 0 Å². The largest absolute Gasteiger partial charge is 0.310 e. The molecule has 1 heterocycles. The molecular weight excluding hydrogens is 653 g/mol. The van der Waals surface area contributed by atoms with Crippen molar-refractivity contribution in [3.8, 4) is 16.8 Å². The van der Waals surface area contributed by atoms with E-state index < -0.39 is 0 Å². The van der Waals surface area contributed by atoms with E-state index in [0.29, 0.717) is 0 Å². The summed E-state index contributed by atoms with van der Waals surface area (Å²) in [5, 5.41) is 7.50. The van der Waals surface area contributed by atoms with E-state index in [1.165, 1.54) is 71.2 Å². The van der Waals surface area contributed by atoms with Crippen LogP contribution in [-0.2, 0) is 5.41 Å². The van der Waals surface area contributed by atoms with Crippen LogP contribution in [0.15, 0.2) is 200 Å². The lowest BCUT2D eigenvalue weighted by molar-refractivity contribution is 0.715. The summed E-state index contributed by atoms with van der Waals surface area (Å²) in [6.07, 6.45) is 0. The number of para-hydroxylation sites is 2. The fourth-order valence-corrected chi connectivity index (χ4v) is 9.30. The molecule has 0 fully saturated rings. The van der Waals surface area contributed by atoms with Gasteiger partial charge in [-0.25, -0.2) is 0 Å². The van der Waals surface area contributed by atoms with Gasteiger partial charge >= 0.3 is 0 Å². The second kappa shape index (κ2) is 11.8. The minimum Gasteiger partial charge on any atom is -0.310 e. The van der Waals surface area contributed by atoms with Crippen molar-refractivity contribution in [2.24, 2.45) is 0 Å². The fourth-order valence-electron chi connectivity index (χ4n) is 9.30. The van der Waals surface area contributed by atoms with Crippen LogP contribution in [0.5, 0.6) is 0 Å². The Morgan fingerprint density at radius 2 is 1.06 bits per heavy atom. The molecule has 2 nitrogen and oxygen atoms in total. The zero-order valence-electron chi connectivity index (χ0n) is 29.9. The second-order valence-corrected chi connectivity index (χ2v) is 14.7. The minimum atomic E-state index is -0.331. The SMILES string of the molecule is CC1(c2ccc3c(c2)c2cc(N(c4ccccc4)c4cccc5ccccc45)ccc2n3-c2ccccc2)c2ccccc2-c2c1ccc1ccccc21. The molecule has 0 radical (unpaired) electrons. The van der Waals surface area contributed by atoms with Crippen LogP contribution in [0.2, 0.25) is 0 Å². The topological polar surface area (TPSA) is 8.17 Å². The summed E-state index contributed by atoms with van der Waals surface area (Å²) in [5.74, 6) is 0. The monoisotopic (exact) mass is 688 g/mol. The van der Waals surface area contributed by atoms with Gasteiger partial charge < -0.3 is 9.47 Å². The predicted molar refractivity (Wildman–Crippen MR) is 228 cm³/mol. The summed E-state index contributed by atoms with van der Waals surface area (Å²) in [4.78, 5) is 2.41. The van der Waals surface area contributed by atoms with E-state index in [1.807, 2.05) is 0 Å². The van der Waals surface area contributed by atoms with Gasteiger partial charge in [0, 0.05) is 38.6 Å². The van der Waals surface area contributed by atoms with Crippen LogP contribution >= 0.6 is 0 Å². The van der Waals surface area contributed by atoms with Gasteiger partial charge in [-0.3, -0.25) is 0 Å². The highest BCUT2D eigenvalue weighted by molar-refractivity contribution is 6.12. The molecule has 0 spiro atoms. The zero-order chi connectivity index (χ0) is 35.8. The molecule has 2 heteroatoms. The molecule has 11 rings (SSSR count). The van der Waals surface area contributed by atoms with E-state index in [0.717, 1.165) is 22.7 Å². The average Bonchev–Trinajstić information content (AvgIpc) is 3.71. The first-order chi connectivity index (χ1) is 26.7. The molecule has 1 aliphatic carbocycles. The Hall–Kier alpha value is -6.90. The van der Waals surface area contributed by atoms with Gasteiger partial charge in [-0.15, -0.1) is 0 Å². The Morgan fingerprint density at radius 1 is 0.426 bits per heavy atom. The molecule has 9 aromatic carbocycles. The second-order valence-electron chi connectivity index (χ2n) is 14.7. The average molecular weight is 689 g/mol. The lowest BCUT2D eigenvalue weighted by atomic mass is 9.74. The number of hydrogen-bond acceptors (Lipinski definition) is 1. The van der Waals surface area contributed by atoms with E-state index in [4.69, 9.17) is 0 Å². The van der Waals surface area contributed by atoms with Gasteiger partial charge in [-0.2, -0.15) is 0 Å². The van der Waals surface area contributed by atoms with E-state index in [-0.39, 0.29) is 5.41 Å². The quantitative estimate of drug-likeness (QED) is 0.175. The predicted octanol–water partition coefficient (Wildman–Crippen LogP) is 13.9. The van der Waals surface area contributed by atoms with Crippen molar-refractivity contribution in [1.29, 1.82) is 0 Å². The van der Waals surface area contributed by atoms with Crippen LogP contribution in [0, 0.1) is 0 Å². The number of nitrogens with zero attached hydrogens (tertiary/aromatic N) is 2. The summed E-state index contributed by atoms with van der Waals surface area (Å²) >= 11 is 0. The first kappa shape index (κ1) is 30.7. The third-order valence-electron chi connectivity index (χ3n) is 11.8. The van der Waals surface area contributed by atoms with Crippen molar-refractivity contribution in [3.05, 3.63) is 217 Å². The van der Waals surface area contributed by atoms with Crippen molar-refractivity contribution >= 4 is 60.4 Å². The molecule has 1 aromatic heterocycles. The summed E-state index contributed by atoms with van der Waals surface area (Å²) < 4.78 is 2.43. The van der Waals surface area contributed by atoms with E-state index in [9.17, 15) is 0 Å². The van der Waals surface area contributed by atoms with Gasteiger partial charge in [-0.1, -0.05) is 140 Å². The van der Waals surface area contributed by atoms with Crippen LogP contribution in [0.3, 0.4) is 0 Å². The molecule has 1 atom stereocenters. The van der Waals surface area contributed by atoms with Crippen LogP contribution in [-0.4, -0.2) is 4.57 Å². The number of benzene rings is 9. The number of rotatable bonds is 5. The van der Waals surface area contributed by atoms with Crippen molar-refractivity contribution < 1.29 is 0 Å². The smallest absolute Gasteiger partial charge is 0.0542 e. The maximum absolute atomic E-state index is 2.48. The maximum atomic E-state index is 2.48. The molecule has 0 N–H and O–H groups in total. The molecule has 0 amide bonds. The third-order valence-corrected chi connectivity index (χ3v) is 11.8. The van der Waals surface area contributed by atoms with Crippen molar-refractivity contribution in [2.75, 3.05) is 4.90 Å². The Morgan fingerprint density at radius 3 is 1.87 bits per heavy atom. The lowest BCUT2D eigenvalue weighted by Crippen LogP contribution is -2.22. The number of anilines is 3. The van der Waals surface area contributed by atoms with E-state index in [2.05, 4.69) is 217 Å². The van der Waals surface area contributed by atoms with E-state index >= 15 is 0 Å². The first-order valence-corrected chi connectivity index (χ1v) is 18.8. The molecule has 1 aliphatic rings. The highest BCUT2D eigenvalue weighted by atomic mass is 15.1. The fraction of sp³-hybridized carbons (Fsp3) is 0.0385.